The van der Waals surface area contributed by atoms with Crippen LogP contribution in [0.2, 0.25) is 0 Å². The van der Waals surface area contributed by atoms with Gasteiger partial charge in [-0.1, -0.05) is 24.3 Å². The third-order valence-corrected chi connectivity index (χ3v) is 3.78. The largest absolute Gasteiger partial charge is 0.462 e. The van der Waals surface area contributed by atoms with Gasteiger partial charge in [0.25, 0.3) is 0 Å². The van der Waals surface area contributed by atoms with Crippen LogP contribution in [0.25, 0.3) is 0 Å². The topological polar surface area (TPSA) is 58.6 Å². The van der Waals surface area contributed by atoms with Gasteiger partial charge in [-0.05, 0) is 50.6 Å². The van der Waals surface area contributed by atoms with Crippen LogP contribution in [-0.4, -0.2) is 31.6 Å². The summed E-state index contributed by atoms with van der Waals surface area (Å²) in [5.41, 5.74) is 2.96. The number of anilines is 2. The summed E-state index contributed by atoms with van der Waals surface area (Å²) in [5, 5.41) is 2.82. The normalized spacial score (nSPS) is 10.2. The number of aryl methyl sites for hydroxylation is 1. The van der Waals surface area contributed by atoms with Gasteiger partial charge in [-0.3, -0.25) is 4.79 Å². The number of carbonyl (C=O) groups is 2. The van der Waals surface area contributed by atoms with Gasteiger partial charge in [-0.15, -0.1) is 0 Å². The van der Waals surface area contributed by atoms with Crippen molar-refractivity contribution in [2.45, 2.75) is 20.8 Å². The number of nitrogens with zero attached hydrogens (tertiary/aromatic N) is 1. The van der Waals surface area contributed by atoms with E-state index >= 15 is 0 Å². The minimum absolute atomic E-state index is 0.180. The molecular weight excluding hydrogens is 316 g/mol. The van der Waals surface area contributed by atoms with Gasteiger partial charge in [0.1, 0.15) is 0 Å². The molecule has 0 saturated heterocycles. The molecule has 0 aliphatic heterocycles. The number of rotatable bonds is 7. The number of esters is 1. The zero-order valence-corrected chi connectivity index (χ0v) is 14.9. The predicted octanol–water partition coefficient (Wildman–Crippen LogP) is 3.64. The number of para-hydroxylation sites is 1. The Morgan fingerprint density at radius 1 is 1.08 bits per heavy atom. The maximum Gasteiger partial charge on any atom is 0.340 e. The van der Waals surface area contributed by atoms with Crippen molar-refractivity contribution < 1.29 is 14.3 Å². The van der Waals surface area contributed by atoms with Crippen molar-refractivity contribution >= 4 is 23.3 Å². The average Bonchev–Trinajstić information content (AvgIpc) is 2.60. The number of hydrogen-bond acceptors (Lipinski definition) is 4. The molecule has 0 heterocycles. The molecule has 0 spiro atoms. The van der Waals surface area contributed by atoms with Gasteiger partial charge in [0.2, 0.25) is 5.91 Å². The van der Waals surface area contributed by atoms with E-state index < -0.39 is 5.97 Å². The molecule has 0 aliphatic carbocycles. The van der Waals surface area contributed by atoms with Crippen molar-refractivity contribution in [1.82, 2.24) is 0 Å². The maximum atomic E-state index is 12.5. The van der Waals surface area contributed by atoms with Crippen molar-refractivity contribution in [3.63, 3.8) is 0 Å². The number of nitrogens with one attached hydrogen (secondary N) is 1. The summed E-state index contributed by atoms with van der Waals surface area (Å²) in [6.07, 6.45) is 0. The molecule has 5 heteroatoms. The molecule has 132 valence electrons. The van der Waals surface area contributed by atoms with E-state index in [9.17, 15) is 9.59 Å². The second-order valence-corrected chi connectivity index (χ2v) is 5.67. The molecule has 0 radical (unpaired) electrons. The first-order valence-corrected chi connectivity index (χ1v) is 8.42. The summed E-state index contributed by atoms with van der Waals surface area (Å²) in [7, 11) is 0. The van der Waals surface area contributed by atoms with Gasteiger partial charge in [0.15, 0.2) is 0 Å². The highest BCUT2D eigenvalue weighted by Gasteiger charge is 2.15. The molecule has 2 rings (SSSR count). The molecule has 5 nitrogen and oxygen atoms in total. The van der Waals surface area contributed by atoms with Crippen LogP contribution in [0.1, 0.15) is 29.8 Å². The first-order valence-electron chi connectivity index (χ1n) is 8.42. The highest BCUT2D eigenvalue weighted by Crippen LogP contribution is 2.18. The lowest BCUT2D eigenvalue weighted by molar-refractivity contribution is -0.115. The SMILES string of the molecule is CCOC(=O)c1ccccc1NC(=O)CN(CC)c1cccc(C)c1. The van der Waals surface area contributed by atoms with Crippen molar-refractivity contribution in [2.75, 3.05) is 29.9 Å². The lowest BCUT2D eigenvalue weighted by atomic mass is 10.1. The molecule has 0 fully saturated rings. The number of ether oxygens (including phenoxy) is 1. The first kappa shape index (κ1) is 18.5. The summed E-state index contributed by atoms with van der Waals surface area (Å²) in [6.45, 7) is 6.97. The van der Waals surface area contributed by atoms with E-state index in [4.69, 9.17) is 4.74 Å². The molecule has 0 aliphatic rings. The molecule has 25 heavy (non-hydrogen) atoms. The Labute approximate surface area is 148 Å². The van der Waals surface area contributed by atoms with E-state index in [-0.39, 0.29) is 19.1 Å². The van der Waals surface area contributed by atoms with E-state index in [0.717, 1.165) is 11.3 Å². The Kier molecular flexibility index (Phi) is 6.57. The van der Waals surface area contributed by atoms with Crippen molar-refractivity contribution in [2.24, 2.45) is 0 Å². The zero-order valence-electron chi connectivity index (χ0n) is 14.9. The highest BCUT2D eigenvalue weighted by molar-refractivity contribution is 6.02. The Morgan fingerprint density at radius 2 is 1.84 bits per heavy atom. The van der Waals surface area contributed by atoms with Crippen molar-refractivity contribution in [3.05, 3.63) is 59.7 Å². The van der Waals surface area contributed by atoms with Gasteiger partial charge in [0.05, 0.1) is 24.4 Å². The number of benzene rings is 2. The van der Waals surface area contributed by atoms with Crippen molar-refractivity contribution in [1.29, 1.82) is 0 Å². The lowest BCUT2D eigenvalue weighted by Gasteiger charge is -2.23. The minimum Gasteiger partial charge on any atom is -0.462 e. The van der Waals surface area contributed by atoms with Gasteiger partial charge < -0.3 is 15.0 Å². The second-order valence-electron chi connectivity index (χ2n) is 5.67. The summed E-state index contributed by atoms with van der Waals surface area (Å²) in [6, 6.07) is 14.9. The first-order chi connectivity index (χ1) is 12.0. The van der Waals surface area contributed by atoms with E-state index in [0.29, 0.717) is 17.8 Å². The van der Waals surface area contributed by atoms with E-state index in [2.05, 4.69) is 5.32 Å². The molecule has 2 aromatic carbocycles. The Hall–Kier alpha value is -2.82. The third kappa shape index (κ3) is 5.08. The Balaban J connectivity index is 2.10. The minimum atomic E-state index is -0.440. The van der Waals surface area contributed by atoms with Crippen LogP contribution in [0.4, 0.5) is 11.4 Å². The molecule has 0 bridgehead atoms. The number of carbonyl (C=O) groups excluding carboxylic acids is 2. The number of hydrogen-bond donors (Lipinski definition) is 1. The molecule has 0 saturated carbocycles. The third-order valence-electron chi connectivity index (χ3n) is 3.78. The summed E-state index contributed by atoms with van der Waals surface area (Å²) < 4.78 is 5.03. The molecule has 1 amide bonds. The van der Waals surface area contributed by atoms with Gasteiger partial charge in [0, 0.05) is 12.2 Å². The van der Waals surface area contributed by atoms with E-state index in [1.165, 1.54) is 0 Å². The highest BCUT2D eigenvalue weighted by atomic mass is 16.5. The molecule has 0 unspecified atom stereocenters. The second kappa shape index (κ2) is 8.87. The fraction of sp³-hybridized carbons (Fsp3) is 0.300. The average molecular weight is 340 g/mol. The van der Waals surface area contributed by atoms with Crippen LogP contribution in [0.15, 0.2) is 48.5 Å². The number of likely N-dealkylation sites (N-methyl/N-ethyl adjacent to an activating group) is 1. The summed E-state index contributed by atoms with van der Waals surface area (Å²) in [4.78, 5) is 26.4. The molecular formula is C20H24N2O3. The van der Waals surface area contributed by atoms with Crippen LogP contribution in [0, 0.1) is 6.92 Å². The Morgan fingerprint density at radius 3 is 2.52 bits per heavy atom. The van der Waals surface area contributed by atoms with E-state index in [1.807, 2.05) is 43.0 Å². The standard InChI is InChI=1S/C20H24N2O3/c1-4-22(16-10-8-9-15(3)13-16)14-19(23)21-18-12-7-6-11-17(18)20(24)25-5-2/h6-13H,4-5,14H2,1-3H3,(H,21,23). The van der Waals surface area contributed by atoms with Crippen molar-refractivity contribution in [3.8, 4) is 0 Å². The van der Waals surface area contributed by atoms with Crippen LogP contribution in [-0.2, 0) is 9.53 Å². The molecule has 0 atom stereocenters. The summed E-state index contributed by atoms with van der Waals surface area (Å²) >= 11 is 0. The van der Waals surface area contributed by atoms with E-state index in [1.54, 1.807) is 31.2 Å². The van der Waals surface area contributed by atoms with Crippen LogP contribution < -0.4 is 10.2 Å². The molecule has 0 aromatic heterocycles. The molecule has 2 aromatic rings. The fourth-order valence-electron chi connectivity index (χ4n) is 2.55. The van der Waals surface area contributed by atoms with Gasteiger partial charge >= 0.3 is 5.97 Å². The quantitative estimate of drug-likeness (QED) is 0.782. The van der Waals surface area contributed by atoms with Crippen LogP contribution >= 0.6 is 0 Å². The monoisotopic (exact) mass is 340 g/mol. The Bertz CT molecular complexity index is 743. The smallest absolute Gasteiger partial charge is 0.340 e. The van der Waals surface area contributed by atoms with Gasteiger partial charge in [-0.2, -0.15) is 0 Å². The predicted molar refractivity (Wildman–Crippen MR) is 100 cm³/mol. The maximum absolute atomic E-state index is 12.5. The zero-order chi connectivity index (χ0) is 18.2. The molecule has 1 N–H and O–H groups in total. The summed E-state index contributed by atoms with van der Waals surface area (Å²) in [5.74, 6) is -0.621. The van der Waals surface area contributed by atoms with Crippen LogP contribution in [0.5, 0.6) is 0 Å². The van der Waals surface area contributed by atoms with Crippen LogP contribution in [0.3, 0.4) is 0 Å². The van der Waals surface area contributed by atoms with Gasteiger partial charge in [-0.25, -0.2) is 4.79 Å². The fourth-order valence-corrected chi connectivity index (χ4v) is 2.55. The number of amides is 1. The lowest BCUT2D eigenvalue weighted by Crippen LogP contribution is -2.33.